The Kier molecular flexibility index (Phi) is 3.56. The van der Waals surface area contributed by atoms with Crippen molar-refractivity contribution < 1.29 is 0 Å². The second-order valence-corrected chi connectivity index (χ2v) is 3.48. The molecule has 0 amide bonds. The molecule has 1 rings (SSSR count). The van der Waals surface area contributed by atoms with E-state index in [-0.39, 0.29) is 0 Å². The summed E-state index contributed by atoms with van der Waals surface area (Å²) in [5.41, 5.74) is 1.10. The van der Waals surface area contributed by atoms with Crippen LogP contribution in [0.4, 0.5) is 5.69 Å². The van der Waals surface area contributed by atoms with Gasteiger partial charge in [0, 0.05) is 12.2 Å². The number of benzene rings is 1. The highest BCUT2D eigenvalue weighted by atomic mass is 32.1. The molecule has 1 aromatic carbocycles. The van der Waals surface area contributed by atoms with E-state index in [1.165, 1.54) is 0 Å². The van der Waals surface area contributed by atoms with Crippen LogP contribution in [-0.2, 0) is 0 Å². The number of para-hydroxylation sites is 1. The van der Waals surface area contributed by atoms with Crippen LogP contribution in [0.1, 0.15) is 6.92 Å². The van der Waals surface area contributed by atoms with Crippen LogP contribution >= 0.6 is 24.8 Å². The molecule has 1 nitrogen and oxygen atoms in total. The Morgan fingerprint density at radius 2 is 2.00 bits per heavy atom. The van der Waals surface area contributed by atoms with Crippen LogP contribution in [0.2, 0.25) is 0 Å². The molecule has 0 aliphatic rings. The highest BCUT2D eigenvalue weighted by Crippen LogP contribution is 2.14. The van der Waals surface area contributed by atoms with Gasteiger partial charge in [0.2, 0.25) is 0 Å². The zero-order valence-electron chi connectivity index (χ0n) is 6.90. The van der Waals surface area contributed by atoms with Crippen molar-refractivity contribution >= 4 is 34.9 Å². The quantitative estimate of drug-likeness (QED) is 0.573. The molecule has 0 unspecified atom stereocenters. The molecule has 3 heteroatoms. The van der Waals surface area contributed by atoms with Gasteiger partial charge in [-0.2, -0.15) is 0 Å². The molecule has 0 bridgehead atoms. The SMILES string of the molecule is CCN(C(=S)S)c1ccccc1. The van der Waals surface area contributed by atoms with Crippen molar-refractivity contribution in [2.75, 3.05) is 11.4 Å². The Morgan fingerprint density at radius 1 is 1.42 bits per heavy atom. The van der Waals surface area contributed by atoms with E-state index in [4.69, 9.17) is 12.2 Å². The summed E-state index contributed by atoms with van der Waals surface area (Å²) in [5, 5.41) is 0. The number of hydrogen-bond donors (Lipinski definition) is 1. The minimum absolute atomic E-state index is 0.615. The molecule has 0 N–H and O–H groups in total. The maximum absolute atomic E-state index is 4.99. The molecular formula is C9H11NS2. The van der Waals surface area contributed by atoms with E-state index in [1.54, 1.807) is 0 Å². The van der Waals surface area contributed by atoms with E-state index in [0.717, 1.165) is 12.2 Å². The molecule has 0 atom stereocenters. The zero-order chi connectivity index (χ0) is 8.97. The van der Waals surface area contributed by atoms with Crippen LogP contribution < -0.4 is 4.90 Å². The number of thiol groups is 1. The Balaban J connectivity index is 2.88. The molecule has 0 aromatic heterocycles. The fourth-order valence-electron chi connectivity index (χ4n) is 1.04. The maximum Gasteiger partial charge on any atom is 0.137 e. The molecule has 0 aliphatic heterocycles. The first-order valence-electron chi connectivity index (χ1n) is 3.81. The lowest BCUT2D eigenvalue weighted by atomic mass is 10.3. The van der Waals surface area contributed by atoms with E-state index in [1.807, 2.05) is 35.2 Å². The average molecular weight is 197 g/mol. The molecule has 1 aromatic rings. The fraction of sp³-hybridized carbons (Fsp3) is 0.222. The second kappa shape index (κ2) is 4.48. The lowest BCUT2D eigenvalue weighted by Gasteiger charge is -2.20. The van der Waals surface area contributed by atoms with Gasteiger partial charge in [-0.3, -0.25) is 0 Å². The number of rotatable bonds is 2. The summed E-state index contributed by atoms with van der Waals surface area (Å²) in [6.45, 7) is 2.90. The molecule has 0 aliphatic carbocycles. The molecule has 0 spiro atoms. The van der Waals surface area contributed by atoms with Crippen molar-refractivity contribution in [3.05, 3.63) is 30.3 Å². The summed E-state index contributed by atoms with van der Waals surface area (Å²) in [4.78, 5) is 1.97. The van der Waals surface area contributed by atoms with Crippen molar-refractivity contribution in [1.29, 1.82) is 0 Å². The molecule has 0 radical (unpaired) electrons. The minimum atomic E-state index is 0.615. The summed E-state index contributed by atoms with van der Waals surface area (Å²) in [6, 6.07) is 10.0. The van der Waals surface area contributed by atoms with E-state index in [2.05, 4.69) is 19.6 Å². The maximum atomic E-state index is 4.99. The van der Waals surface area contributed by atoms with Crippen molar-refractivity contribution in [3.63, 3.8) is 0 Å². The third-order valence-corrected chi connectivity index (χ3v) is 2.08. The molecule has 0 fully saturated rings. The predicted octanol–water partition coefficient (Wildman–Crippen LogP) is 2.73. The lowest BCUT2D eigenvalue weighted by molar-refractivity contribution is 1.08. The van der Waals surface area contributed by atoms with Gasteiger partial charge in [-0.25, -0.2) is 0 Å². The monoisotopic (exact) mass is 197 g/mol. The third kappa shape index (κ3) is 2.22. The normalized spacial score (nSPS) is 9.50. The molecule has 12 heavy (non-hydrogen) atoms. The summed E-state index contributed by atoms with van der Waals surface area (Å²) < 4.78 is 0.615. The van der Waals surface area contributed by atoms with Crippen LogP contribution in [0.25, 0.3) is 0 Å². The highest BCUT2D eigenvalue weighted by Gasteiger charge is 2.04. The predicted molar refractivity (Wildman–Crippen MR) is 61.0 cm³/mol. The highest BCUT2D eigenvalue weighted by molar-refractivity contribution is 8.11. The summed E-state index contributed by atoms with van der Waals surface area (Å²) in [6.07, 6.45) is 0. The van der Waals surface area contributed by atoms with Gasteiger partial charge in [-0.05, 0) is 19.1 Å². The van der Waals surface area contributed by atoms with Crippen molar-refractivity contribution in [3.8, 4) is 0 Å². The van der Waals surface area contributed by atoms with E-state index in [9.17, 15) is 0 Å². The minimum Gasteiger partial charge on any atom is -0.328 e. The second-order valence-electron chi connectivity index (χ2n) is 2.36. The molecule has 64 valence electrons. The fourth-order valence-corrected chi connectivity index (χ4v) is 1.53. The zero-order valence-corrected chi connectivity index (χ0v) is 8.61. The van der Waals surface area contributed by atoms with E-state index >= 15 is 0 Å². The van der Waals surface area contributed by atoms with Gasteiger partial charge in [0.25, 0.3) is 0 Å². The van der Waals surface area contributed by atoms with E-state index in [0.29, 0.717) is 4.32 Å². The Hall–Kier alpha value is -0.540. The van der Waals surface area contributed by atoms with Gasteiger partial charge < -0.3 is 4.90 Å². The molecular weight excluding hydrogens is 186 g/mol. The van der Waals surface area contributed by atoms with Gasteiger partial charge in [0.1, 0.15) is 4.32 Å². The van der Waals surface area contributed by atoms with Crippen LogP contribution in [0, 0.1) is 0 Å². The Bertz CT molecular complexity index is 258. The van der Waals surface area contributed by atoms with Crippen LogP contribution in [0.3, 0.4) is 0 Å². The smallest absolute Gasteiger partial charge is 0.137 e. The van der Waals surface area contributed by atoms with Crippen molar-refractivity contribution in [2.24, 2.45) is 0 Å². The van der Waals surface area contributed by atoms with Gasteiger partial charge in [0.15, 0.2) is 0 Å². The van der Waals surface area contributed by atoms with Gasteiger partial charge in [-0.1, -0.05) is 30.4 Å². The van der Waals surface area contributed by atoms with Gasteiger partial charge in [0.05, 0.1) is 0 Å². The number of anilines is 1. The number of nitrogens with zero attached hydrogens (tertiary/aromatic N) is 1. The average Bonchev–Trinajstić information content (AvgIpc) is 2.07. The Morgan fingerprint density at radius 3 is 2.42 bits per heavy atom. The van der Waals surface area contributed by atoms with Gasteiger partial charge in [-0.15, -0.1) is 12.6 Å². The first-order chi connectivity index (χ1) is 5.75. The number of hydrogen-bond acceptors (Lipinski definition) is 1. The van der Waals surface area contributed by atoms with Crippen LogP contribution in [0.5, 0.6) is 0 Å². The largest absolute Gasteiger partial charge is 0.328 e. The third-order valence-electron chi connectivity index (χ3n) is 1.61. The summed E-state index contributed by atoms with van der Waals surface area (Å²) >= 11 is 9.13. The van der Waals surface area contributed by atoms with Crippen molar-refractivity contribution in [1.82, 2.24) is 0 Å². The lowest BCUT2D eigenvalue weighted by Crippen LogP contribution is -2.24. The first-order valence-corrected chi connectivity index (χ1v) is 4.66. The topological polar surface area (TPSA) is 3.24 Å². The number of thiocarbonyl (C=S) groups is 1. The Labute approximate surface area is 83.8 Å². The first kappa shape index (κ1) is 9.55. The molecule has 0 saturated carbocycles. The van der Waals surface area contributed by atoms with E-state index < -0.39 is 0 Å². The standard InChI is InChI=1S/C9H11NS2/c1-2-10(9(11)12)8-6-4-3-5-7-8/h3-7H,2H2,1H3,(H,11,12). The van der Waals surface area contributed by atoms with Crippen LogP contribution in [-0.4, -0.2) is 10.9 Å². The van der Waals surface area contributed by atoms with Gasteiger partial charge >= 0.3 is 0 Å². The molecule has 0 heterocycles. The summed E-state index contributed by atoms with van der Waals surface area (Å²) in [7, 11) is 0. The molecule has 0 saturated heterocycles. The summed E-state index contributed by atoms with van der Waals surface area (Å²) in [5.74, 6) is 0. The van der Waals surface area contributed by atoms with Crippen LogP contribution in [0.15, 0.2) is 30.3 Å². The van der Waals surface area contributed by atoms with Crippen molar-refractivity contribution in [2.45, 2.75) is 6.92 Å².